The van der Waals surface area contributed by atoms with Crippen molar-refractivity contribution >= 4 is 27.7 Å². The van der Waals surface area contributed by atoms with Crippen molar-refractivity contribution in [2.75, 3.05) is 0 Å². The van der Waals surface area contributed by atoms with Gasteiger partial charge in [-0.25, -0.2) is 0 Å². The first-order chi connectivity index (χ1) is 7.56. The molecule has 0 saturated heterocycles. The first-order valence-corrected chi connectivity index (χ1v) is 5.31. The zero-order valence-electron chi connectivity index (χ0n) is 8.58. The Labute approximate surface area is 101 Å². The Kier molecular flexibility index (Phi) is 4.20. The van der Waals surface area contributed by atoms with Gasteiger partial charge in [0.2, 0.25) is 5.91 Å². The third-order valence-electron chi connectivity index (χ3n) is 1.91. The minimum absolute atomic E-state index is 0.113. The molecule has 0 radical (unpaired) electrons. The van der Waals surface area contributed by atoms with E-state index in [0.717, 1.165) is 0 Å². The Hall–Kier alpha value is -1.67. The van der Waals surface area contributed by atoms with Gasteiger partial charge in [-0.15, -0.1) is 0 Å². The van der Waals surface area contributed by atoms with Crippen LogP contribution in [0.1, 0.15) is 22.8 Å². The number of imide groups is 1. The lowest BCUT2D eigenvalue weighted by Gasteiger charge is -2.07. The molecule has 1 aromatic rings. The molecule has 0 bridgehead atoms. The van der Waals surface area contributed by atoms with Crippen LogP contribution < -0.4 is 5.32 Å². The number of benzene rings is 1. The van der Waals surface area contributed by atoms with Crippen molar-refractivity contribution in [3.05, 3.63) is 33.8 Å². The second-order valence-electron chi connectivity index (χ2n) is 3.11. The lowest BCUT2D eigenvalue weighted by Crippen LogP contribution is -2.28. The number of carbonyl (C=O) groups is 2. The molecule has 0 spiro atoms. The van der Waals surface area contributed by atoms with Crippen molar-refractivity contribution < 1.29 is 9.59 Å². The fourth-order valence-electron chi connectivity index (χ4n) is 1.26. The van der Waals surface area contributed by atoms with Crippen LogP contribution in [-0.2, 0) is 11.2 Å². The van der Waals surface area contributed by atoms with Crippen LogP contribution in [0.4, 0.5) is 0 Å². The van der Waals surface area contributed by atoms with Crippen molar-refractivity contribution in [3.8, 4) is 6.07 Å². The van der Waals surface area contributed by atoms with E-state index < -0.39 is 11.8 Å². The molecule has 82 valence electrons. The van der Waals surface area contributed by atoms with E-state index in [1.807, 2.05) is 6.07 Å². The van der Waals surface area contributed by atoms with Crippen molar-refractivity contribution in [2.24, 2.45) is 0 Å². The van der Waals surface area contributed by atoms with Gasteiger partial charge in [-0.2, -0.15) is 5.26 Å². The van der Waals surface area contributed by atoms with Gasteiger partial charge in [0.15, 0.2) is 0 Å². The molecule has 1 rings (SSSR count). The van der Waals surface area contributed by atoms with E-state index in [2.05, 4.69) is 21.2 Å². The predicted molar refractivity (Wildman–Crippen MR) is 61.6 cm³/mol. The Morgan fingerprint density at radius 1 is 1.50 bits per heavy atom. The molecule has 0 heterocycles. The molecule has 0 aromatic heterocycles. The highest BCUT2D eigenvalue weighted by Crippen LogP contribution is 2.21. The van der Waals surface area contributed by atoms with Gasteiger partial charge in [0.05, 0.1) is 12.5 Å². The summed E-state index contributed by atoms with van der Waals surface area (Å²) in [5.41, 5.74) is 0.926. The van der Waals surface area contributed by atoms with Crippen LogP contribution in [0.2, 0.25) is 0 Å². The van der Waals surface area contributed by atoms with Crippen LogP contribution in [0.25, 0.3) is 0 Å². The van der Waals surface area contributed by atoms with Crippen LogP contribution in [0.15, 0.2) is 22.7 Å². The second-order valence-corrected chi connectivity index (χ2v) is 3.97. The minimum Gasteiger partial charge on any atom is -0.293 e. The van der Waals surface area contributed by atoms with Crippen molar-refractivity contribution in [1.29, 1.82) is 5.26 Å². The van der Waals surface area contributed by atoms with Gasteiger partial charge in [0, 0.05) is 17.0 Å². The molecule has 0 fully saturated rings. The summed E-state index contributed by atoms with van der Waals surface area (Å²) in [4.78, 5) is 22.4. The van der Waals surface area contributed by atoms with Gasteiger partial charge in [0.25, 0.3) is 5.91 Å². The van der Waals surface area contributed by atoms with E-state index in [4.69, 9.17) is 5.26 Å². The first kappa shape index (κ1) is 12.4. The normalized spacial score (nSPS) is 9.31. The lowest BCUT2D eigenvalue weighted by atomic mass is 10.0. The topological polar surface area (TPSA) is 70.0 Å². The van der Waals surface area contributed by atoms with Gasteiger partial charge in [0.1, 0.15) is 0 Å². The predicted octanol–water partition coefficient (Wildman–Crippen LogP) is 1.79. The second kappa shape index (κ2) is 5.42. The third-order valence-corrected chi connectivity index (χ3v) is 2.65. The summed E-state index contributed by atoms with van der Waals surface area (Å²) in [6.07, 6.45) is 0.113. The number of nitrogens with zero attached hydrogens (tertiary/aromatic N) is 1. The van der Waals surface area contributed by atoms with E-state index in [9.17, 15) is 9.59 Å². The lowest BCUT2D eigenvalue weighted by molar-refractivity contribution is -0.118. The Balaban J connectivity index is 3.13. The highest BCUT2D eigenvalue weighted by molar-refractivity contribution is 9.10. The van der Waals surface area contributed by atoms with Crippen molar-refractivity contribution in [3.63, 3.8) is 0 Å². The molecule has 1 N–H and O–H groups in total. The van der Waals surface area contributed by atoms with Crippen LogP contribution in [0.5, 0.6) is 0 Å². The Bertz CT molecular complexity index is 477. The molecule has 0 aliphatic heterocycles. The number of amides is 2. The molecule has 2 amide bonds. The zero-order chi connectivity index (χ0) is 12.1. The average Bonchev–Trinajstić information content (AvgIpc) is 2.20. The highest BCUT2D eigenvalue weighted by atomic mass is 79.9. The van der Waals surface area contributed by atoms with Crippen LogP contribution in [0, 0.1) is 11.3 Å². The summed E-state index contributed by atoms with van der Waals surface area (Å²) in [6.45, 7) is 1.26. The molecule has 16 heavy (non-hydrogen) atoms. The number of nitriles is 1. The maximum Gasteiger partial charge on any atom is 0.258 e. The van der Waals surface area contributed by atoms with E-state index in [-0.39, 0.29) is 6.42 Å². The van der Waals surface area contributed by atoms with Crippen molar-refractivity contribution in [2.45, 2.75) is 13.3 Å². The number of halogens is 1. The SMILES string of the molecule is CC(=O)NC(=O)c1cccc(Br)c1CC#N. The van der Waals surface area contributed by atoms with Crippen molar-refractivity contribution in [1.82, 2.24) is 5.32 Å². The minimum atomic E-state index is -0.487. The van der Waals surface area contributed by atoms with Gasteiger partial charge >= 0.3 is 0 Å². The van der Waals surface area contributed by atoms with Crippen LogP contribution in [0.3, 0.4) is 0 Å². The Morgan fingerprint density at radius 2 is 2.19 bits per heavy atom. The largest absolute Gasteiger partial charge is 0.293 e. The fraction of sp³-hybridized carbons (Fsp3) is 0.182. The monoisotopic (exact) mass is 280 g/mol. The molecule has 0 saturated carbocycles. The number of hydrogen-bond donors (Lipinski definition) is 1. The first-order valence-electron chi connectivity index (χ1n) is 4.52. The smallest absolute Gasteiger partial charge is 0.258 e. The van der Waals surface area contributed by atoms with E-state index in [1.54, 1.807) is 18.2 Å². The van der Waals surface area contributed by atoms with Gasteiger partial charge in [-0.3, -0.25) is 14.9 Å². The van der Waals surface area contributed by atoms with E-state index >= 15 is 0 Å². The molecular weight excluding hydrogens is 272 g/mol. The fourth-order valence-corrected chi connectivity index (χ4v) is 1.76. The summed E-state index contributed by atoms with van der Waals surface area (Å²) in [5, 5.41) is 10.8. The molecular formula is C11H9BrN2O2. The molecule has 0 aliphatic carbocycles. The maximum atomic E-state index is 11.6. The van der Waals surface area contributed by atoms with E-state index in [0.29, 0.717) is 15.6 Å². The molecule has 0 atom stereocenters. The number of rotatable bonds is 2. The van der Waals surface area contributed by atoms with Gasteiger partial charge in [-0.05, 0) is 17.7 Å². The van der Waals surface area contributed by atoms with Gasteiger partial charge < -0.3 is 0 Å². The summed E-state index contributed by atoms with van der Waals surface area (Å²) in [6, 6.07) is 6.99. The summed E-state index contributed by atoms with van der Waals surface area (Å²) in [7, 11) is 0. The number of hydrogen-bond acceptors (Lipinski definition) is 3. The maximum absolute atomic E-state index is 11.6. The standard InChI is InChI=1S/C11H9BrN2O2/c1-7(15)14-11(16)9-3-2-4-10(12)8(9)5-6-13/h2-4H,5H2,1H3,(H,14,15,16). The third kappa shape index (κ3) is 2.91. The quantitative estimate of drug-likeness (QED) is 0.898. The zero-order valence-corrected chi connectivity index (χ0v) is 10.2. The number of carbonyl (C=O) groups excluding carboxylic acids is 2. The summed E-state index contributed by atoms with van der Waals surface area (Å²) >= 11 is 3.27. The van der Waals surface area contributed by atoms with Crippen LogP contribution in [-0.4, -0.2) is 11.8 Å². The molecule has 5 heteroatoms. The average molecular weight is 281 g/mol. The highest BCUT2D eigenvalue weighted by Gasteiger charge is 2.14. The molecule has 1 aromatic carbocycles. The molecule has 0 aliphatic rings. The molecule has 0 unspecified atom stereocenters. The van der Waals surface area contributed by atoms with E-state index in [1.165, 1.54) is 6.92 Å². The van der Waals surface area contributed by atoms with Gasteiger partial charge in [-0.1, -0.05) is 22.0 Å². The Morgan fingerprint density at radius 3 is 2.75 bits per heavy atom. The van der Waals surface area contributed by atoms with Crippen LogP contribution >= 0.6 is 15.9 Å². The summed E-state index contributed by atoms with van der Waals surface area (Å²) < 4.78 is 0.685. The number of nitrogens with one attached hydrogen (secondary N) is 1. The molecule has 4 nitrogen and oxygen atoms in total. The summed E-state index contributed by atoms with van der Waals surface area (Å²) in [5.74, 6) is -0.910.